The molecule has 0 atom stereocenters. The van der Waals surface area contributed by atoms with E-state index in [0.717, 1.165) is 16.9 Å². The van der Waals surface area contributed by atoms with Crippen LogP contribution in [0.25, 0.3) is 11.0 Å². The number of alkyl halides is 1. The maximum absolute atomic E-state index is 5.99. The minimum atomic E-state index is 0.209. The summed E-state index contributed by atoms with van der Waals surface area (Å²) in [7, 11) is 0. The third-order valence-corrected chi connectivity index (χ3v) is 3.86. The smallest absolute Gasteiger partial charge is 0.125 e. The molecule has 1 aliphatic carbocycles. The Morgan fingerprint density at radius 2 is 2.31 bits per heavy atom. The van der Waals surface area contributed by atoms with Gasteiger partial charge in [0.25, 0.3) is 0 Å². The van der Waals surface area contributed by atoms with Gasteiger partial charge >= 0.3 is 0 Å². The van der Waals surface area contributed by atoms with Gasteiger partial charge in [0.1, 0.15) is 11.3 Å². The first-order chi connectivity index (χ1) is 7.74. The molecule has 0 aromatic carbocycles. The topological polar surface area (TPSA) is 30.7 Å². The molecule has 0 amide bonds. The normalized spacial score (nSPS) is 18.6. The monoisotopic (exact) mass is 235 g/mol. The SMILES string of the molecule is CC1(n2c(CCl)nc3cnccc32)CCC1. The van der Waals surface area contributed by atoms with Gasteiger partial charge in [0.2, 0.25) is 0 Å². The van der Waals surface area contributed by atoms with Crippen LogP contribution in [0, 0.1) is 0 Å². The number of nitrogens with zero attached hydrogens (tertiary/aromatic N) is 3. The van der Waals surface area contributed by atoms with Crippen LogP contribution in [-0.2, 0) is 11.4 Å². The van der Waals surface area contributed by atoms with Crippen LogP contribution in [0.1, 0.15) is 32.0 Å². The zero-order valence-electron chi connectivity index (χ0n) is 9.28. The average Bonchev–Trinajstić information content (AvgIpc) is 2.64. The fourth-order valence-corrected chi connectivity index (χ4v) is 2.77. The number of aromatic nitrogens is 3. The largest absolute Gasteiger partial charge is 0.321 e. The first-order valence-electron chi connectivity index (χ1n) is 5.62. The number of hydrogen-bond acceptors (Lipinski definition) is 2. The summed E-state index contributed by atoms with van der Waals surface area (Å²) < 4.78 is 2.31. The molecule has 0 spiro atoms. The van der Waals surface area contributed by atoms with Gasteiger partial charge in [-0.2, -0.15) is 0 Å². The van der Waals surface area contributed by atoms with Crippen molar-refractivity contribution in [3.63, 3.8) is 0 Å². The van der Waals surface area contributed by atoms with Gasteiger partial charge in [-0.3, -0.25) is 4.98 Å². The minimum absolute atomic E-state index is 0.209. The molecule has 2 aromatic rings. The Bertz CT molecular complexity index is 528. The molecule has 2 aromatic heterocycles. The number of rotatable bonds is 2. The Hall–Kier alpha value is -1.09. The summed E-state index contributed by atoms with van der Waals surface area (Å²) in [6.45, 7) is 2.29. The lowest BCUT2D eigenvalue weighted by atomic mass is 9.78. The predicted octanol–water partition coefficient (Wildman–Crippen LogP) is 3.07. The fourth-order valence-electron chi connectivity index (χ4n) is 2.59. The van der Waals surface area contributed by atoms with E-state index in [2.05, 4.69) is 21.5 Å². The quantitative estimate of drug-likeness (QED) is 0.749. The van der Waals surface area contributed by atoms with Crippen molar-refractivity contribution < 1.29 is 0 Å². The van der Waals surface area contributed by atoms with Crippen molar-refractivity contribution in [2.24, 2.45) is 0 Å². The molecule has 0 N–H and O–H groups in total. The summed E-state index contributed by atoms with van der Waals surface area (Å²) >= 11 is 5.99. The molecule has 16 heavy (non-hydrogen) atoms. The zero-order chi connectivity index (χ0) is 11.2. The zero-order valence-corrected chi connectivity index (χ0v) is 10.0. The molecular formula is C12H14ClN3. The maximum Gasteiger partial charge on any atom is 0.125 e. The van der Waals surface area contributed by atoms with Gasteiger partial charge in [-0.15, -0.1) is 11.6 Å². The van der Waals surface area contributed by atoms with E-state index in [4.69, 9.17) is 11.6 Å². The molecule has 3 nitrogen and oxygen atoms in total. The summed E-state index contributed by atoms with van der Waals surface area (Å²) in [5, 5.41) is 0. The molecule has 4 heteroatoms. The van der Waals surface area contributed by atoms with Crippen LogP contribution in [0.5, 0.6) is 0 Å². The summed E-state index contributed by atoms with van der Waals surface area (Å²) in [5.41, 5.74) is 2.32. The first-order valence-corrected chi connectivity index (χ1v) is 6.16. The Kier molecular flexibility index (Phi) is 2.18. The Morgan fingerprint density at radius 1 is 1.50 bits per heavy atom. The summed E-state index contributed by atoms with van der Waals surface area (Å²) in [5.74, 6) is 1.43. The van der Waals surface area contributed by atoms with E-state index in [0.29, 0.717) is 5.88 Å². The summed E-state index contributed by atoms with van der Waals surface area (Å²) in [6, 6.07) is 2.03. The van der Waals surface area contributed by atoms with E-state index in [1.54, 1.807) is 0 Å². The third-order valence-electron chi connectivity index (χ3n) is 3.62. The van der Waals surface area contributed by atoms with Gasteiger partial charge in [0, 0.05) is 11.7 Å². The Morgan fingerprint density at radius 3 is 2.94 bits per heavy atom. The van der Waals surface area contributed by atoms with Crippen LogP contribution in [0.15, 0.2) is 18.5 Å². The number of fused-ring (bicyclic) bond motifs is 1. The second-order valence-corrected chi connectivity index (χ2v) is 4.98. The Balaban J connectivity index is 2.27. The van der Waals surface area contributed by atoms with E-state index in [9.17, 15) is 0 Å². The molecule has 1 fully saturated rings. The highest BCUT2D eigenvalue weighted by molar-refractivity contribution is 6.16. The van der Waals surface area contributed by atoms with E-state index in [-0.39, 0.29) is 5.54 Å². The number of pyridine rings is 1. The molecular weight excluding hydrogens is 222 g/mol. The highest BCUT2D eigenvalue weighted by Crippen LogP contribution is 2.41. The van der Waals surface area contributed by atoms with Crippen molar-refractivity contribution in [3.8, 4) is 0 Å². The molecule has 84 valence electrons. The second kappa shape index (κ2) is 3.45. The molecule has 0 bridgehead atoms. The van der Waals surface area contributed by atoms with Gasteiger partial charge in [-0.25, -0.2) is 4.98 Å². The molecule has 0 unspecified atom stereocenters. The lowest BCUT2D eigenvalue weighted by molar-refractivity contribution is 0.171. The van der Waals surface area contributed by atoms with E-state index >= 15 is 0 Å². The standard InChI is InChI=1S/C12H14ClN3/c1-12(4-2-5-12)16-10-3-6-14-8-9(10)15-11(16)7-13/h3,6,8H,2,4-5,7H2,1H3. The first kappa shape index (κ1) is 10.1. The molecule has 0 saturated heterocycles. The highest BCUT2D eigenvalue weighted by atomic mass is 35.5. The minimum Gasteiger partial charge on any atom is -0.321 e. The van der Waals surface area contributed by atoms with Crippen LogP contribution in [0.3, 0.4) is 0 Å². The van der Waals surface area contributed by atoms with Gasteiger partial charge in [0.15, 0.2) is 0 Å². The second-order valence-electron chi connectivity index (χ2n) is 4.71. The number of imidazole rings is 1. The predicted molar refractivity (Wildman–Crippen MR) is 64.6 cm³/mol. The number of halogens is 1. The van der Waals surface area contributed by atoms with Crippen molar-refractivity contribution >= 4 is 22.6 Å². The average molecular weight is 236 g/mol. The van der Waals surface area contributed by atoms with Crippen LogP contribution < -0.4 is 0 Å². The summed E-state index contributed by atoms with van der Waals surface area (Å²) in [6.07, 6.45) is 7.35. The van der Waals surface area contributed by atoms with Crippen molar-refractivity contribution in [1.82, 2.24) is 14.5 Å². The van der Waals surface area contributed by atoms with Crippen LogP contribution in [-0.4, -0.2) is 14.5 Å². The van der Waals surface area contributed by atoms with Crippen LogP contribution in [0.4, 0.5) is 0 Å². The van der Waals surface area contributed by atoms with E-state index in [1.807, 2.05) is 18.5 Å². The van der Waals surface area contributed by atoms with Gasteiger partial charge < -0.3 is 4.57 Å². The third kappa shape index (κ3) is 1.27. The van der Waals surface area contributed by atoms with Crippen molar-refractivity contribution in [2.45, 2.75) is 37.6 Å². The molecule has 0 aliphatic heterocycles. The molecule has 2 heterocycles. The highest BCUT2D eigenvalue weighted by Gasteiger charge is 2.36. The fraction of sp³-hybridized carbons (Fsp3) is 0.500. The van der Waals surface area contributed by atoms with Gasteiger partial charge in [0.05, 0.1) is 17.6 Å². The van der Waals surface area contributed by atoms with E-state index < -0.39 is 0 Å². The lowest BCUT2D eigenvalue weighted by Crippen LogP contribution is -2.38. The summed E-state index contributed by atoms with van der Waals surface area (Å²) in [4.78, 5) is 8.66. The van der Waals surface area contributed by atoms with Crippen molar-refractivity contribution in [1.29, 1.82) is 0 Å². The van der Waals surface area contributed by atoms with Gasteiger partial charge in [-0.1, -0.05) is 0 Å². The van der Waals surface area contributed by atoms with Crippen LogP contribution in [0.2, 0.25) is 0 Å². The Labute approximate surface area is 99.5 Å². The maximum atomic E-state index is 5.99. The van der Waals surface area contributed by atoms with Crippen molar-refractivity contribution in [2.75, 3.05) is 0 Å². The number of hydrogen-bond donors (Lipinski definition) is 0. The molecule has 0 radical (unpaired) electrons. The molecule has 3 rings (SSSR count). The van der Waals surface area contributed by atoms with Crippen molar-refractivity contribution in [3.05, 3.63) is 24.3 Å². The van der Waals surface area contributed by atoms with E-state index in [1.165, 1.54) is 19.3 Å². The molecule has 1 saturated carbocycles. The molecule has 1 aliphatic rings. The van der Waals surface area contributed by atoms with Gasteiger partial charge in [-0.05, 0) is 32.3 Å². The van der Waals surface area contributed by atoms with Crippen LogP contribution >= 0.6 is 11.6 Å². The lowest BCUT2D eigenvalue weighted by Gasteiger charge is -2.41.